The van der Waals surface area contributed by atoms with Gasteiger partial charge in [0.05, 0.1) is 17.6 Å². The number of benzene rings is 2. The van der Waals surface area contributed by atoms with Gasteiger partial charge in [0.15, 0.2) is 12.4 Å². The number of sulfonamides is 1. The number of carbonyl (C=O) groups excluding carboxylic acids is 2. The van der Waals surface area contributed by atoms with Crippen molar-refractivity contribution in [2.24, 2.45) is 0 Å². The first kappa shape index (κ1) is 19.6. The number of Topliss-reactive ketones (excluding diaryl/α,β-unsaturated/α-hetero) is 1. The molecule has 0 fully saturated rings. The van der Waals surface area contributed by atoms with E-state index in [0.29, 0.717) is 11.3 Å². The van der Waals surface area contributed by atoms with Gasteiger partial charge in [-0.2, -0.15) is 0 Å². The zero-order valence-corrected chi connectivity index (χ0v) is 15.2. The third kappa shape index (κ3) is 4.90. The van der Waals surface area contributed by atoms with Gasteiger partial charge in [0.25, 0.3) is 0 Å². The second-order valence-electron chi connectivity index (χ2n) is 5.25. The summed E-state index contributed by atoms with van der Waals surface area (Å²) in [7, 11) is -2.07. The van der Waals surface area contributed by atoms with Crippen molar-refractivity contribution in [1.29, 1.82) is 0 Å². The van der Waals surface area contributed by atoms with E-state index in [1.807, 2.05) is 0 Å². The Labute approximate surface area is 152 Å². The number of ketones is 1. The molecule has 7 nitrogen and oxygen atoms in total. The van der Waals surface area contributed by atoms with Crippen LogP contribution in [0.4, 0.5) is 0 Å². The summed E-state index contributed by atoms with van der Waals surface area (Å²) < 4.78 is 36.1. The Morgan fingerprint density at radius 3 is 2.08 bits per heavy atom. The fourth-order valence-corrected chi connectivity index (χ4v) is 3.16. The van der Waals surface area contributed by atoms with Gasteiger partial charge >= 0.3 is 5.97 Å². The fraction of sp³-hybridized carbons (Fsp3) is 0.222. The van der Waals surface area contributed by atoms with Gasteiger partial charge < -0.3 is 9.47 Å². The summed E-state index contributed by atoms with van der Waals surface area (Å²) in [5.74, 6) is -0.447. The topological polar surface area (TPSA) is 98.8 Å². The first-order valence-electron chi connectivity index (χ1n) is 7.81. The van der Waals surface area contributed by atoms with Crippen molar-refractivity contribution < 1.29 is 27.5 Å². The Morgan fingerprint density at radius 1 is 0.962 bits per heavy atom. The molecule has 1 N–H and O–H groups in total. The molecule has 0 aliphatic rings. The summed E-state index contributed by atoms with van der Waals surface area (Å²) in [6, 6.07) is 11.7. The van der Waals surface area contributed by atoms with Gasteiger partial charge in [0.2, 0.25) is 10.0 Å². The summed E-state index contributed by atoms with van der Waals surface area (Å²) in [6.07, 6.45) is 0. The van der Waals surface area contributed by atoms with E-state index in [-0.39, 0.29) is 22.8 Å². The minimum Gasteiger partial charge on any atom is -0.497 e. The van der Waals surface area contributed by atoms with Gasteiger partial charge in [-0.05, 0) is 48.5 Å². The number of rotatable bonds is 8. The number of methoxy groups -OCH3 is 1. The Morgan fingerprint density at radius 2 is 1.54 bits per heavy atom. The Hall–Kier alpha value is -2.71. The molecular weight excluding hydrogens is 358 g/mol. The van der Waals surface area contributed by atoms with Crippen LogP contribution in [0, 0.1) is 0 Å². The summed E-state index contributed by atoms with van der Waals surface area (Å²) >= 11 is 0. The molecule has 138 valence electrons. The number of ether oxygens (including phenoxy) is 2. The van der Waals surface area contributed by atoms with Crippen molar-refractivity contribution in [2.75, 3.05) is 20.3 Å². The van der Waals surface area contributed by atoms with E-state index in [9.17, 15) is 18.0 Å². The van der Waals surface area contributed by atoms with Crippen molar-refractivity contribution in [3.63, 3.8) is 0 Å². The van der Waals surface area contributed by atoms with Gasteiger partial charge in [-0.1, -0.05) is 6.92 Å². The van der Waals surface area contributed by atoms with Crippen LogP contribution in [-0.2, 0) is 14.8 Å². The lowest BCUT2D eigenvalue weighted by Gasteiger charge is -2.07. The molecule has 0 bridgehead atoms. The molecule has 0 radical (unpaired) electrons. The Balaban J connectivity index is 1.98. The molecule has 2 aromatic carbocycles. The van der Waals surface area contributed by atoms with E-state index in [1.54, 1.807) is 31.2 Å². The molecule has 0 amide bonds. The van der Waals surface area contributed by atoms with Crippen LogP contribution >= 0.6 is 0 Å². The quantitative estimate of drug-likeness (QED) is 0.558. The largest absolute Gasteiger partial charge is 0.497 e. The highest BCUT2D eigenvalue weighted by atomic mass is 32.2. The molecule has 0 spiro atoms. The van der Waals surface area contributed by atoms with Crippen LogP contribution < -0.4 is 9.46 Å². The normalized spacial score (nSPS) is 11.0. The molecule has 2 rings (SSSR count). The number of nitrogens with one attached hydrogen (secondary N) is 1. The van der Waals surface area contributed by atoms with Crippen molar-refractivity contribution in [3.05, 3.63) is 59.7 Å². The van der Waals surface area contributed by atoms with Crippen LogP contribution in [0.5, 0.6) is 5.75 Å². The predicted octanol–water partition coefficient (Wildman–Crippen LogP) is 2.03. The van der Waals surface area contributed by atoms with Crippen molar-refractivity contribution in [2.45, 2.75) is 11.8 Å². The van der Waals surface area contributed by atoms with Crippen LogP contribution in [0.15, 0.2) is 53.4 Å². The first-order chi connectivity index (χ1) is 12.4. The van der Waals surface area contributed by atoms with E-state index in [0.717, 1.165) is 0 Å². The van der Waals surface area contributed by atoms with Gasteiger partial charge in [-0.25, -0.2) is 17.9 Å². The van der Waals surface area contributed by atoms with Crippen LogP contribution in [-0.4, -0.2) is 40.4 Å². The van der Waals surface area contributed by atoms with Crippen LogP contribution in [0.2, 0.25) is 0 Å². The first-order valence-corrected chi connectivity index (χ1v) is 9.30. The van der Waals surface area contributed by atoms with E-state index < -0.39 is 22.6 Å². The molecule has 26 heavy (non-hydrogen) atoms. The molecule has 0 atom stereocenters. The molecule has 0 aliphatic carbocycles. The SMILES string of the molecule is CCNS(=O)(=O)c1ccc(C(=O)OCC(=O)c2ccc(OC)cc2)cc1. The predicted molar refractivity (Wildman–Crippen MR) is 94.9 cm³/mol. The highest BCUT2D eigenvalue weighted by molar-refractivity contribution is 7.89. The van der Waals surface area contributed by atoms with Gasteiger partial charge in [-0.15, -0.1) is 0 Å². The third-order valence-corrected chi connectivity index (χ3v) is 5.04. The summed E-state index contributed by atoms with van der Waals surface area (Å²) in [5, 5.41) is 0. The molecule has 0 unspecified atom stereocenters. The average molecular weight is 377 g/mol. The lowest BCUT2D eigenvalue weighted by Crippen LogP contribution is -2.23. The van der Waals surface area contributed by atoms with Crippen LogP contribution in [0.1, 0.15) is 27.6 Å². The van der Waals surface area contributed by atoms with Crippen LogP contribution in [0.25, 0.3) is 0 Å². The molecule has 0 saturated carbocycles. The molecular formula is C18H19NO6S. The number of carbonyl (C=O) groups is 2. The van der Waals surface area contributed by atoms with Crippen molar-refractivity contribution in [1.82, 2.24) is 4.72 Å². The molecule has 0 aromatic heterocycles. The highest BCUT2D eigenvalue weighted by Gasteiger charge is 2.15. The van der Waals surface area contributed by atoms with Gasteiger partial charge in [-0.3, -0.25) is 4.79 Å². The van der Waals surface area contributed by atoms with E-state index >= 15 is 0 Å². The lowest BCUT2D eigenvalue weighted by molar-refractivity contribution is 0.0474. The maximum Gasteiger partial charge on any atom is 0.338 e. The minimum absolute atomic E-state index is 0.0465. The molecule has 0 saturated heterocycles. The van der Waals surface area contributed by atoms with Crippen molar-refractivity contribution in [3.8, 4) is 5.75 Å². The van der Waals surface area contributed by atoms with Crippen LogP contribution in [0.3, 0.4) is 0 Å². The highest BCUT2D eigenvalue weighted by Crippen LogP contribution is 2.13. The smallest absolute Gasteiger partial charge is 0.338 e. The maximum atomic E-state index is 12.0. The zero-order chi connectivity index (χ0) is 19.2. The zero-order valence-electron chi connectivity index (χ0n) is 14.4. The van der Waals surface area contributed by atoms with Gasteiger partial charge in [0.1, 0.15) is 5.75 Å². The molecule has 2 aromatic rings. The number of esters is 1. The monoisotopic (exact) mass is 377 g/mol. The van der Waals surface area contributed by atoms with E-state index in [2.05, 4.69) is 4.72 Å². The maximum absolute atomic E-state index is 12.0. The summed E-state index contributed by atoms with van der Waals surface area (Å²) in [5.41, 5.74) is 0.550. The lowest BCUT2D eigenvalue weighted by atomic mass is 10.1. The average Bonchev–Trinajstić information content (AvgIpc) is 2.66. The summed E-state index contributed by atoms with van der Waals surface area (Å²) in [6.45, 7) is 1.52. The van der Waals surface area contributed by atoms with Gasteiger partial charge in [0, 0.05) is 12.1 Å². The second-order valence-corrected chi connectivity index (χ2v) is 7.02. The molecule has 8 heteroatoms. The Kier molecular flexibility index (Phi) is 6.48. The minimum atomic E-state index is -3.59. The van der Waals surface area contributed by atoms with E-state index in [4.69, 9.17) is 9.47 Å². The van der Waals surface area contributed by atoms with E-state index in [1.165, 1.54) is 31.4 Å². The number of hydrogen-bond acceptors (Lipinski definition) is 6. The molecule has 0 heterocycles. The summed E-state index contributed by atoms with van der Waals surface area (Å²) in [4.78, 5) is 24.1. The molecule has 0 aliphatic heterocycles. The fourth-order valence-electron chi connectivity index (χ4n) is 2.12. The Bertz CT molecular complexity index is 873. The second kappa shape index (κ2) is 8.59. The van der Waals surface area contributed by atoms with Crippen molar-refractivity contribution >= 4 is 21.8 Å². The number of hydrogen-bond donors (Lipinski definition) is 1. The third-order valence-electron chi connectivity index (χ3n) is 3.48. The standard InChI is InChI=1S/C18H19NO6S/c1-3-19-26(22,23)16-10-6-14(7-11-16)18(21)25-12-17(20)13-4-8-15(24-2)9-5-13/h4-11,19H,3,12H2,1-2H3.